The molecular formula is C16H26FN. The van der Waals surface area contributed by atoms with Gasteiger partial charge in [-0.2, -0.15) is 0 Å². The third kappa shape index (κ3) is 5.63. The Morgan fingerprint density at radius 2 is 1.78 bits per heavy atom. The second kappa shape index (κ2) is 6.89. The van der Waals surface area contributed by atoms with Crippen molar-refractivity contribution in [1.82, 2.24) is 5.32 Å². The fourth-order valence-electron chi connectivity index (χ4n) is 2.00. The van der Waals surface area contributed by atoms with Crippen LogP contribution in [0.2, 0.25) is 0 Å². The van der Waals surface area contributed by atoms with E-state index in [9.17, 15) is 4.39 Å². The van der Waals surface area contributed by atoms with Crippen LogP contribution in [0.25, 0.3) is 0 Å². The van der Waals surface area contributed by atoms with E-state index in [-0.39, 0.29) is 11.4 Å². The zero-order valence-electron chi connectivity index (χ0n) is 12.1. The summed E-state index contributed by atoms with van der Waals surface area (Å²) in [5, 5.41) is 3.55. The predicted octanol–water partition coefficient (Wildman–Crippen LogP) is 4.49. The molecule has 0 saturated heterocycles. The Morgan fingerprint density at radius 3 is 2.28 bits per heavy atom. The first-order chi connectivity index (χ1) is 8.42. The summed E-state index contributed by atoms with van der Waals surface area (Å²) in [7, 11) is 0. The van der Waals surface area contributed by atoms with Crippen LogP contribution >= 0.6 is 0 Å². The molecule has 0 fully saturated rings. The molecule has 0 amide bonds. The number of hydrogen-bond donors (Lipinski definition) is 1. The topological polar surface area (TPSA) is 12.0 Å². The maximum absolute atomic E-state index is 13.0. The van der Waals surface area contributed by atoms with Crippen LogP contribution in [0.1, 0.15) is 58.4 Å². The lowest BCUT2D eigenvalue weighted by molar-refractivity contribution is 0.395. The van der Waals surface area contributed by atoms with Gasteiger partial charge in [-0.1, -0.05) is 31.9 Å². The molecule has 18 heavy (non-hydrogen) atoms. The zero-order chi connectivity index (χ0) is 13.6. The van der Waals surface area contributed by atoms with Crippen molar-refractivity contribution in [3.63, 3.8) is 0 Å². The third-order valence-corrected chi connectivity index (χ3v) is 3.13. The molecule has 1 unspecified atom stereocenters. The zero-order valence-corrected chi connectivity index (χ0v) is 12.1. The lowest BCUT2D eigenvalue weighted by Gasteiger charge is -2.25. The molecule has 0 bridgehead atoms. The van der Waals surface area contributed by atoms with Gasteiger partial charge in [0.2, 0.25) is 0 Å². The van der Waals surface area contributed by atoms with Gasteiger partial charge in [-0.3, -0.25) is 0 Å². The van der Waals surface area contributed by atoms with Crippen LogP contribution in [-0.4, -0.2) is 12.1 Å². The minimum atomic E-state index is -0.156. The van der Waals surface area contributed by atoms with E-state index in [1.807, 2.05) is 12.1 Å². The van der Waals surface area contributed by atoms with E-state index in [1.54, 1.807) is 12.1 Å². The Morgan fingerprint density at radius 1 is 1.17 bits per heavy atom. The number of hydrogen-bond acceptors (Lipinski definition) is 1. The van der Waals surface area contributed by atoms with Crippen molar-refractivity contribution in [3.8, 4) is 0 Å². The van der Waals surface area contributed by atoms with Crippen LogP contribution in [-0.2, 0) is 0 Å². The first-order valence-electron chi connectivity index (χ1n) is 6.93. The number of unbranched alkanes of at least 4 members (excludes halogenated alkanes) is 1. The molecule has 1 atom stereocenters. The summed E-state index contributed by atoms with van der Waals surface area (Å²) in [6.45, 7) is 9.69. The van der Waals surface area contributed by atoms with Gasteiger partial charge in [0.1, 0.15) is 5.82 Å². The van der Waals surface area contributed by atoms with Gasteiger partial charge in [-0.15, -0.1) is 0 Å². The van der Waals surface area contributed by atoms with Crippen molar-refractivity contribution in [2.45, 2.75) is 58.4 Å². The summed E-state index contributed by atoms with van der Waals surface area (Å²) < 4.78 is 13.0. The van der Waals surface area contributed by atoms with Gasteiger partial charge in [0, 0.05) is 12.1 Å². The Labute approximate surface area is 111 Å². The summed E-state index contributed by atoms with van der Waals surface area (Å²) in [5.74, 6) is 0.321. The van der Waals surface area contributed by atoms with Crippen LogP contribution in [0.5, 0.6) is 0 Å². The highest BCUT2D eigenvalue weighted by Crippen LogP contribution is 2.22. The van der Waals surface area contributed by atoms with Gasteiger partial charge >= 0.3 is 0 Å². The minimum absolute atomic E-state index is 0.129. The maximum Gasteiger partial charge on any atom is 0.123 e. The fraction of sp³-hybridized carbons (Fsp3) is 0.625. The second-order valence-electron chi connectivity index (χ2n) is 6.02. The molecule has 1 aromatic carbocycles. The van der Waals surface area contributed by atoms with E-state index < -0.39 is 0 Å². The summed E-state index contributed by atoms with van der Waals surface area (Å²) in [5.41, 5.74) is 1.37. The van der Waals surface area contributed by atoms with E-state index in [0.717, 1.165) is 13.0 Å². The van der Waals surface area contributed by atoms with Crippen molar-refractivity contribution in [2.75, 3.05) is 6.54 Å². The standard InChI is InChI=1S/C16H26FN/c1-5-6-7-14(12-18-16(2,3)4)13-8-10-15(17)11-9-13/h8-11,14,18H,5-7,12H2,1-4H3. The lowest BCUT2D eigenvalue weighted by Crippen LogP contribution is -2.38. The van der Waals surface area contributed by atoms with E-state index in [4.69, 9.17) is 0 Å². The van der Waals surface area contributed by atoms with Crippen molar-refractivity contribution in [3.05, 3.63) is 35.6 Å². The van der Waals surface area contributed by atoms with Crippen molar-refractivity contribution >= 4 is 0 Å². The van der Waals surface area contributed by atoms with Gasteiger partial charge in [0.05, 0.1) is 0 Å². The quantitative estimate of drug-likeness (QED) is 0.785. The Hall–Kier alpha value is -0.890. The molecule has 2 heteroatoms. The summed E-state index contributed by atoms with van der Waals surface area (Å²) in [6, 6.07) is 6.96. The van der Waals surface area contributed by atoms with Crippen LogP contribution in [0, 0.1) is 5.82 Å². The monoisotopic (exact) mass is 251 g/mol. The number of halogens is 1. The molecule has 0 aliphatic carbocycles. The number of rotatable bonds is 6. The molecule has 0 aliphatic rings. The van der Waals surface area contributed by atoms with E-state index in [1.165, 1.54) is 18.4 Å². The molecule has 1 rings (SSSR count). The first-order valence-corrected chi connectivity index (χ1v) is 6.93. The molecule has 1 nitrogen and oxygen atoms in total. The SMILES string of the molecule is CCCCC(CNC(C)(C)C)c1ccc(F)cc1. The third-order valence-electron chi connectivity index (χ3n) is 3.13. The molecule has 0 heterocycles. The van der Waals surface area contributed by atoms with E-state index in [2.05, 4.69) is 33.0 Å². The highest BCUT2D eigenvalue weighted by molar-refractivity contribution is 5.21. The molecule has 0 aliphatic heterocycles. The molecule has 0 aromatic heterocycles. The van der Waals surface area contributed by atoms with Crippen LogP contribution in [0.3, 0.4) is 0 Å². The molecule has 1 N–H and O–H groups in total. The maximum atomic E-state index is 13.0. The molecule has 0 saturated carbocycles. The number of benzene rings is 1. The van der Waals surface area contributed by atoms with Gasteiger partial charge in [0.25, 0.3) is 0 Å². The largest absolute Gasteiger partial charge is 0.311 e. The lowest BCUT2D eigenvalue weighted by atomic mass is 9.92. The van der Waals surface area contributed by atoms with Gasteiger partial charge in [-0.25, -0.2) is 4.39 Å². The molecular weight excluding hydrogens is 225 g/mol. The van der Waals surface area contributed by atoms with E-state index >= 15 is 0 Å². The Bertz CT molecular complexity index is 337. The molecule has 102 valence electrons. The molecule has 0 spiro atoms. The molecule has 0 radical (unpaired) electrons. The van der Waals surface area contributed by atoms with Crippen LogP contribution < -0.4 is 5.32 Å². The summed E-state index contributed by atoms with van der Waals surface area (Å²) in [4.78, 5) is 0. The summed E-state index contributed by atoms with van der Waals surface area (Å²) in [6.07, 6.45) is 3.58. The fourth-order valence-corrected chi connectivity index (χ4v) is 2.00. The average molecular weight is 251 g/mol. The Balaban J connectivity index is 2.68. The first kappa shape index (κ1) is 15.2. The van der Waals surface area contributed by atoms with Crippen molar-refractivity contribution in [1.29, 1.82) is 0 Å². The predicted molar refractivity (Wildman–Crippen MR) is 76.4 cm³/mol. The van der Waals surface area contributed by atoms with E-state index in [0.29, 0.717) is 5.92 Å². The van der Waals surface area contributed by atoms with Gasteiger partial charge < -0.3 is 5.32 Å². The van der Waals surface area contributed by atoms with Gasteiger partial charge in [0.15, 0.2) is 0 Å². The summed E-state index contributed by atoms with van der Waals surface area (Å²) >= 11 is 0. The van der Waals surface area contributed by atoms with Crippen molar-refractivity contribution in [2.24, 2.45) is 0 Å². The Kier molecular flexibility index (Phi) is 5.80. The second-order valence-corrected chi connectivity index (χ2v) is 6.02. The number of nitrogens with one attached hydrogen (secondary N) is 1. The van der Waals surface area contributed by atoms with Crippen LogP contribution in [0.4, 0.5) is 4.39 Å². The highest BCUT2D eigenvalue weighted by Gasteiger charge is 2.15. The molecule has 1 aromatic rings. The van der Waals surface area contributed by atoms with Crippen LogP contribution in [0.15, 0.2) is 24.3 Å². The minimum Gasteiger partial charge on any atom is -0.311 e. The smallest absolute Gasteiger partial charge is 0.123 e. The average Bonchev–Trinajstić information content (AvgIpc) is 2.29. The normalized spacial score (nSPS) is 13.6. The highest BCUT2D eigenvalue weighted by atomic mass is 19.1. The van der Waals surface area contributed by atoms with Gasteiger partial charge in [-0.05, 0) is 50.8 Å². The van der Waals surface area contributed by atoms with Crippen molar-refractivity contribution < 1.29 is 4.39 Å².